The van der Waals surface area contributed by atoms with Gasteiger partial charge >= 0.3 is 0 Å². The van der Waals surface area contributed by atoms with Gasteiger partial charge in [0, 0.05) is 41.8 Å². The van der Waals surface area contributed by atoms with Gasteiger partial charge in [0.1, 0.15) is 19.6 Å². The van der Waals surface area contributed by atoms with Crippen molar-refractivity contribution in [3.05, 3.63) is 132 Å². The topological polar surface area (TPSA) is 44.2 Å². The van der Waals surface area contributed by atoms with Crippen LogP contribution in [0.2, 0.25) is 12.1 Å². The minimum absolute atomic E-state index is 0.745. The minimum Gasteiger partial charge on any atom is -0.497 e. The highest BCUT2D eigenvalue weighted by atomic mass is 32.1. The number of thiophene rings is 2. The fraction of sp³-hybridized carbons (Fsp3) is 0.333. The lowest BCUT2D eigenvalue weighted by atomic mass is 10.0. The molecule has 4 nitrogen and oxygen atoms in total. The molecule has 0 bridgehead atoms. The van der Waals surface area contributed by atoms with Gasteiger partial charge in [-0.3, -0.25) is 0 Å². The van der Waals surface area contributed by atoms with Crippen LogP contribution in [0.1, 0.15) is 89.5 Å². The molecule has 0 amide bonds. The normalized spacial score (nSPS) is 15.1. The average Bonchev–Trinajstić information content (AvgIpc) is 4.10. The maximum atomic E-state index is 5.66. The van der Waals surface area contributed by atoms with Crippen LogP contribution in [0.25, 0.3) is 76.0 Å². The third-order valence-corrected chi connectivity index (χ3v) is 22.2. The SMILES string of the molecule is CCCCC(CC)C[Si]1(CC(CC)CCCC)c2cc(C)ccc2-c2ccc(-c3ccc(-c4ccc(-c5ccc(C)s5)c5nc(-c6ccc(OC)cc6)c(-c6ccc(OC)cc6)nc45)s3)cc21. The first-order valence-electron chi connectivity index (χ1n) is 24.8. The van der Waals surface area contributed by atoms with Gasteiger partial charge in [0.05, 0.1) is 36.6 Å². The molecule has 0 aliphatic carbocycles. The van der Waals surface area contributed by atoms with Crippen LogP contribution in [0.3, 0.4) is 0 Å². The van der Waals surface area contributed by atoms with Crippen molar-refractivity contribution in [1.82, 2.24) is 9.97 Å². The zero-order valence-corrected chi connectivity index (χ0v) is 43.4. The molecule has 344 valence electrons. The standard InChI is InChI=1S/C60H66N2O2S2Si/c1-9-13-15-41(11-3)37-67(38-42(12-4)16-14-10-2)55-35-39(5)17-28-48(55)49-29-23-45(36-56(49)67)52-33-34-54(66-52)51-31-30-50(53-32-18-40(6)65-53)59-60(51)62-58(44-21-26-47(64-8)27-22-44)57(61-59)43-19-24-46(63-7)25-20-43/h17-36,41-42H,9-16,37-38H2,1-8H3. The van der Waals surface area contributed by atoms with Crippen LogP contribution in [0.5, 0.6) is 11.5 Å². The molecule has 9 rings (SSSR count). The molecular formula is C60H66N2O2S2Si. The number of aryl methyl sites for hydroxylation is 2. The van der Waals surface area contributed by atoms with Gasteiger partial charge in [-0.2, -0.15) is 0 Å². The van der Waals surface area contributed by atoms with Crippen LogP contribution in [0.4, 0.5) is 0 Å². The number of aromatic nitrogens is 2. The largest absolute Gasteiger partial charge is 0.497 e. The van der Waals surface area contributed by atoms with Crippen molar-refractivity contribution in [2.45, 2.75) is 105 Å². The molecule has 7 heteroatoms. The summed E-state index contributed by atoms with van der Waals surface area (Å²) in [6.07, 6.45) is 10.4. The van der Waals surface area contributed by atoms with E-state index >= 15 is 0 Å². The summed E-state index contributed by atoms with van der Waals surface area (Å²) in [5.41, 5.74) is 13.4. The molecule has 2 atom stereocenters. The third kappa shape index (κ3) is 9.32. The average molecular weight is 939 g/mol. The van der Waals surface area contributed by atoms with E-state index in [0.717, 1.165) is 68.0 Å². The molecule has 8 aromatic rings. The predicted octanol–water partition coefficient (Wildman–Crippen LogP) is 16.7. The quantitative estimate of drug-likeness (QED) is 0.0758. The number of hydrogen-bond acceptors (Lipinski definition) is 6. The second-order valence-corrected chi connectivity index (χ2v) is 25.4. The molecule has 0 spiro atoms. The lowest BCUT2D eigenvalue weighted by Crippen LogP contribution is -2.57. The summed E-state index contributed by atoms with van der Waals surface area (Å²) in [7, 11) is 1.23. The summed E-state index contributed by atoms with van der Waals surface area (Å²) in [6.45, 7) is 14.1. The summed E-state index contributed by atoms with van der Waals surface area (Å²) in [4.78, 5) is 16.2. The van der Waals surface area contributed by atoms with Crippen LogP contribution in [-0.4, -0.2) is 32.3 Å². The van der Waals surface area contributed by atoms with Gasteiger partial charge in [0.15, 0.2) is 0 Å². The summed E-state index contributed by atoms with van der Waals surface area (Å²) in [5, 5.41) is 3.40. The number of benzene rings is 5. The highest BCUT2D eigenvalue weighted by molar-refractivity contribution is 7.19. The first kappa shape index (κ1) is 46.8. The Bertz CT molecular complexity index is 2970. The van der Waals surface area contributed by atoms with Crippen molar-refractivity contribution in [3.8, 4) is 76.5 Å². The summed E-state index contributed by atoms with van der Waals surface area (Å²) >= 11 is 3.68. The second-order valence-electron chi connectivity index (χ2n) is 18.9. The fourth-order valence-corrected chi connectivity index (χ4v) is 19.4. The zero-order chi connectivity index (χ0) is 46.7. The number of hydrogen-bond donors (Lipinski definition) is 0. The van der Waals surface area contributed by atoms with Crippen LogP contribution >= 0.6 is 22.7 Å². The molecule has 1 aliphatic rings. The van der Waals surface area contributed by atoms with Gasteiger partial charge in [0.25, 0.3) is 0 Å². The molecule has 1 aliphatic heterocycles. The van der Waals surface area contributed by atoms with E-state index in [1.165, 1.54) is 105 Å². The Kier molecular flexibility index (Phi) is 14.3. The summed E-state index contributed by atoms with van der Waals surface area (Å²) < 4.78 is 11.1. The monoisotopic (exact) mass is 938 g/mol. The van der Waals surface area contributed by atoms with E-state index in [-0.39, 0.29) is 0 Å². The third-order valence-electron chi connectivity index (χ3n) is 14.6. The maximum Gasteiger partial charge on any atom is 0.120 e. The summed E-state index contributed by atoms with van der Waals surface area (Å²) in [5.74, 6) is 3.10. The predicted molar refractivity (Wildman–Crippen MR) is 292 cm³/mol. The number of ether oxygens (including phenoxy) is 2. The minimum atomic E-state index is -2.18. The number of rotatable bonds is 19. The van der Waals surface area contributed by atoms with E-state index in [1.54, 1.807) is 35.9 Å². The maximum absolute atomic E-state index is 5.66. The number of fused-ring (bicyclic) bond motifs is 4. The molecule has 0 radical (unpaired) electrons. The van der Waals surface area contributed by atoms with E-state index in [4.69, 9.17) is 19.4 Å². The fourth-order valence-electron chi connectivity index (χ4n) is 10.8. The molecule has 67 heavy (non-hydrogen) atoms. The number of unbranched alkanes of at least 4 members (excludes halogenated alkanes) is 2. The van der Waals surface area contributed by atoms with Crippen molar-refractivity contribution < 1.29 is 9.47 Å². The van der Waals surface area contributed by atoms with E-state index in [9.17, 15) is 0 Å². The van der Waals surface area contributed by atoms with E-state index in [1.807, 2.05) is 35.6 Å². The Labute approximate surface area is 408 Å². The number of methoxy groups -OCH3 is 2. The van der Waals surface area contributed by atoms with Crippen LogP contribution in [0, 0.1) is 25.7 Å². The van der Waals surface area contributed by atoms with Gasteiger partial charge in [-0.25, -0.2) is 9.97 Å². The highest BCUT2D eigenvalue weighted by Crippen LogP contribution is 2.45. The Morgan fingerprint density at radius 3 is 1.45 bits per heavy atom. The van der Waals surface area contributed by atoms with Gasteiger partial charge < -0.3 is 9.47 Å². The first-order chi connectivity index (χ1) is 32.7. The van der Waals surface area contributed by atoms with E-state index < -0.39 is 8.07 Å². The van der Waals surface area contributed by atoms with E-state index in [2.05, 4.69) is 139 Å². The summed E-state index contributed by atoms with van der Waals surface area (Å²) in [6, 6.07) is 47.7. The lowest BCUT2D eigenvalue weighted by Gasteiger charge is -2.37. The van der Waals surface area contributed by atoms with Crippen molar-refractivity contribution in [3.63, 3.8) is 0 Å². The van der Waals surface area contributed by atoms with Crippen molar-refractivity contribution in [2.75, 3.05) is 14.2 Å². The molecule has 0 saturated carbocycles. The van der Waals surface area contributed by atoms with Crippen LogP contribution in [0.15, 0.2) is 121 Å². The zero-order valence-electron chi connectivity index (χ0n) is 40.8. The number of nitrogens with zero attached hydrogens (tertiary/aromatic N) is 2. The molecule has 0 saturated heterocycles. The lowest BCUT2D eigenvalue weighted by molar-refractivity contribution is 0.414. The van der Waals surface area contributed by atoms with Crippen LogP contribution < -0.4 is 19.8 Å². The Morgan fingerprint density at radius 1 is 0.493 bits per heavy atom. The molecule has 3 aromatic heterocycles. The van der Waals surface area contributed by atoms with Gasteiger partial charge in [0.2, 0.25) is 0 Å². The highest BCUT2D eigenvalue weighted by Gasteiger charge is 2.47. The molecular weight excluding hydrogens is 873 g/mol. The first-order valence-corrected chi connectivity index (χ1v) is 28.8. The van der Waals surface area contributed by atoms with Gasteiger partial charge in [-0.15, -0.1) is 22.7 Å². The smallest absolute Gasteiger partial charge is 0.120 e. The second kappa shape index (κ2) is 20.5. The Morgan fingerprint density at radius 2 is 0.955 bits per heavy atom. The van der Waals surface area contributed by atoms with E-state index in [0.29, 0.717) is 0 Å². The molecule has 5 aromatic carbocycles. The van der Waals surface area contributed by atoms with Crippen molar-refractivity contribution in [2.24, 2.45) is 11.8 Å². The Balaban J connectivity index is 1.21. The molecule has 2 unspecified atom stereocenters. The van der Waals surface area contributed by atoms with Crippen molar-refractivity contribution in [1.29, 1.82) is 0 Å². The molecule has 0 N–H and O–H groups in total. The van der Waals surface area contributed by atoms with Crippen LogP contribution in [-0.2, 0) is 0 Å². The van der Waals surface area contributed by atoms with Gasteiger partial charge in [-0.1, -0.05) is 133 Å². The molecule has 0 fully saturated rings. The molecule has 4 heterocycles. The van der Waals surface area contributed by atoms with Gasteiger partial charge in [-0.05, 0) is 138 Å². The van der Waals surface area contributed by atoms with Crippen molar-refractivity contribution >= 4 is 52.2 Å². The Hall–Kier alpha value is -5.34.